The van der Waals surface area contributed by atoms with Crippen molar-refractivity contribution in [1.29, 1.82) is 0 Å². The minimum absolute atomic E-state index is 0.0874. The number of para-hydroxylation sites is 1. The zero-order valence-electron chi connectivity index (χ0n) is 17.4. The van der Waals surface area contributed by atoms with Crippen molar-refractivity contribution in [3.63, 3.8) is 0 Å². The van der Waals surface area contributed by atoms with Crippen LogP contribution in [0.25, 0.3) is 5.69 Å². The predicted octanol–water partition coefficient (Wildman–Crippen LogP) is 2.14. The molecule has 1 aromatic heterocycles. The summed E-state index contributed by atoms with van der Waals surface area (Å²) in [6.45, 7) is 1.39. The quantitative estimate of drug-likeness (QED) is 0.727. The summed E-state index contributed by atoms with van der Waals surface area (Å²) in [4.78, 5) is 14.9. The van der Waals surface area contributed by atoms with Crippen molar-refractivity contribution < 1.29 is 13.2 Å². The number of rotatable bonds is 5. The van der Waals surface area contributed by atoms with Gasteiger partial charge in [-0.05, 0) is 31.0 Å². The zero-order valence-corrected chi connectivity index (χ0v) is 18.2. The third-order valence-electron chi connectivity index (χ3n) is 6.19. The SMILES string of the molecule is CN(C1CCCCC1)S(=O)(=O)N1CCN(C(=O)c2ccccc2-n2cccn2)CC1. The molecule has 0 atom stereocenters. The molecule has 4 rings (SSSR count). The Labute approximate surface area is 178 Å². The Kier molecular flexibility index (Phi) is 6.21. The van der Waals surface area contributed by atoms with Crippen LogP contribution >= 0.6 is 0 Å². The van der Waals surface area contributed by atoms with E-state index in [1.807, 2.05) is 24.3 Å². The first kappa shape index (κ1) is 21.0. The van der Waals surface area contributed by atoms with Gasteiger partial charge in [-0.1, -0.05) is 31.4 Å². The number of carbonyl (C=O) groups is 1. The van der Waals surface area contributed by atoms with Gasteiger partial charge in [0, 0.05) is 51.7 Å². The third-order valence-corrected chi connectivity index (χ3v) is 8.23. The van der Waals surface area contributed by atoms with Crippen molar-refractivity contribution in [3.8, 4) is 5.69 Å². The fourth-order valence-electron chi connectivity index (χ4n) is 4.37. The molecule has 1 aromatic carbocycles. The lowest BCUT2D eigenvalue weighted by Gasteiger charge is -2.38. The number of piperazine rings is 1. The average Bonchev–Trinajstić information content (AvgIpc) is 3.33. The molecule has 0 bridgehead atoms. The maximum absolute atomic E-state index is 13.2. The number of carbonyl (C=O) groups excluding carboxylic acids is 1. The molecule has 8 nitrogen and oxygen atoms in total. The fraction of sp³-hybridized carbons (Fsp3) is 0.524. The second-order valence-corrected chi connectivity index (χ2v) is 9.96. The van der Waals surface area contributed by atoms with E-state index in [2.05, 4.69) is 5.10 Å². The first-order valence-electron chi connectivity index (χ1n) is 10.6. The van der Waals surface area contributed by atoms with Crippen LogP contribution in [0.5, 0.6) is 0 Å². The first-order valence-corrected chi connectivity index (χ1v) is 12.0. The van der Waals surface area contributed by atoms with Gasteiger partial charge in [-0.2, -0.15) is 22.1 Å². The van der Waals surface area contributed by atoms with Crippen molar-refractivity contribution in [2.75, 3.05) is 33.2 Å². The molecule has 1 saturated carbocycles. The topological polar surface area (TPSA) is 78.8 Å². The van der Waals surface area contributed by atoms with Crippen LogP contribution in [0.3, 0.4) is 0 Å². The highest BCUT2D eigenvalue weighted by molar-refractivity contribution is 7.86. The molecular weight excluding hydrogens is 402 g/mol. The third kappa shape index (κ3) is 4.14. The number of nitrogens with zero attached hydrogens (tertiary/aromatic N) is 5. The van der Waals surface area contributed by atoms with Gasteiger partial charge in [0.25, 0.3) is 16.1 Å². The smallest absolute Gasteiger partial charge is 0.282 e. The van der Waals surface area contributed by atoms with Crippen LogP contribution in [-0.4, -0.2) is 76.9 Å². The van der Waals surface area contributed by atoms with Crippen LogP contribution in [0.2, 0.25) is 0 Å². The van der Waals surface area contributed by atoms with Crippen molar-refractivity contribution in [2.24, 2.45) is 0 Å². The molecule has 1 saturated heterocycles. The van der Waals surface area contributed by atoms with E-state index < -0.39 is 10.2 Å². The van der Waals surface area contributed by atoms with Crippen LogP contribution in [-0.2, 0) is 10.2 Å². The summed E-state index contributed by atoms with van der Waals surface area (Å²) in [5, 5.41) is 4.24. The Morgan fingerprint density at radius 2 is 1.73 bits per heavy atom. The molecule has 1 aliphatic heterocycles. The number of hydrogen-bond acceptors (Lipinski definition) is 4. The molecule has 2 aliphatic rings. The van der Waals surface area contributed by atoms with Gasteiger partial charge in [-0.25, -0.2) is 4.68 Å². The van der Waals surface area contributed by atoms with E-state index in [-0.39, 0.29) is 11.9 Å². The Balaban J connectivity index is 1.43. The second kappa shape index (κ2) is 8.87. The molecule has 2 aromatic rings. The van der Waals surface area contributed by atoms with Crippen LogP contribution in [0.1, 0.15) is 42.5 Å². The standard InChI is InChI=1S/C21H29N5O3S/c1-23(18-8-3-2-4-9-18)30(28,29)25-16-14-24(15-17-25)21(27)19-10-5-6-11-20(19)26-13-7-12-22-26/h5-7,10-13,18H,2-4,8-9,14-17H2,1H3. The molecule has 0 N–H and O–H groups in total. The van der Waals surface area contributed by atoms with Gasteiger partial charge in [0.15, 0.2) is 0 Å². The van der Waals surface area contributed by atoms with Gasteiger partial charge in [0.2, 0.25) is 0 Å². The first-order chi connectivity index (χ1) is 14.5. The summed E-state index contributed by atoms with van der Waals surface area (Å²) in [5.74, 6) is -0.0983. The maximum atomic E-state index is 13.2. The predicted molar refractivity (Wildman–Crippen MR) is 115 cm³/mol. The molecule has 1 amide bonds. The van der Waals surface area contributed by atoms with Crippen molar-refractivity contribution in [1.82, 2.24) is 23.3 Å². The highest BCUT2D eigenvalue weighted by Crippen LogP contribution is 2.25. The highest BCUT2D eigenvalue weighted by atomic mass is 32.2. The van der Waals surface area contributed by atoms with E-state index in [0.29, 0.717) is 31.7 Å². The van der Waals surface area contributed by atoms with E-state index in [1.54, 1.807) is 39.4 Å². The number of benzene rings is 1. The second-order valence-electron chi connectivity index (χ2n) is 7.97. The van der Waals surface area contributed by atoms with Crippen LogP contribution in [0.15, 0.2) is 42.7 Å². The molecule has 2 heterocycles. The summed E-state index contributed by atoms with van der Waals surface area (Å²) in [7, 11) is -1.81. The molecule has 162 valence electrons. The van der Waals surface area contributed by atoms with E-state index >= 15 is 0 Å². The molecule has 0 radical (unpaired) electrons. The monoisotopic (exact) mass is 431 g/mol. The molecule has 30 heavy (non-hydrogen) atoms. The minimum atomic E-state index is -3.50. The lowest BCUT2D eigenvalue weighted by molar-refractivity contribution is 0.0692. The average molecular weight is 432 g/mol. The minimum Gasteiger partial charge on any atom is -0.336 e. The fourth-order valence-corrected chi connectivity index (χ4v) is 5.95. The lowest BCUT2D eigenvalue weighted by Crippen LogP contribution is -2.55. The van der Waals surface area contributed by atoms with Crippen LogP contribution < -0.4 is 0 Å². The van der Waals surface area contributed by atoms with E-state index in [9.17, 15) is 13.2 Å². The van der Waals surface area contributed by atoms with Crippen LogP contribution in [0.4, 0.5) is 0 Å². The van der Waals surface area contributed by atoms with Gasteiger partial charge in [-0.3, -0.25) is 4.79 Å². The number of amides is 1. The van der Waals surface area contributed by atoms with E-state index in [0.717, 1.165) is 31.4 Å². The van der Waals surface area contributed by atoms with E-state index in [1.165, 1.54) is 10.7 Å². The maximum Gasteiger partial charge on any atom is 0.282 e. The highest BCUT2D eigenvalue weighted by Gasteiger charge is 2.35. The van der Waals surface area contributed by atoms with Gasteiger partial charge in [-0.15, -0.1) is 0 Å². The Morgan fingerprint density at radius 1 is 1.03 bits per heavy atom. The lowest BCUT2D eigenvalue weighted by atomic mass is 9.96. The Hall–Kier alpha value is -2.23. The zero-order chi connectivity index (χ0) is 21.1. The van der Waals surface area contributed by atoms with Crippen molar-refractivity contribution >= 4 is 16.1 Å². The largest absolute Gasteiger partial charge is 0.336 e. The molecule has 9 heteroatoms. The molecule has 2 fully saturated rings. The number of aromatic nitrogens is 2. The van der Waals surface area contributed by atoms with Gasteiger partial charge in [0.05, 0.1) is 11.3 Å². The van der Waals surface area contributed by atoms with Crippen molar-refractivity contribution in [2.45, 2.75) is 38.1 Å². The summed E-state index contributed by atoms with van der Waals surface area (Å²) in [5.41, 5.74) is 1.29. The summed E-state index contributed by atoms with van der Waals surface area (Å²) in [6, 6.07) is 9.26. The van der Waals surface area contributed by atoms with Gasteiger partial charge >= 0.3 is 0 Å². The Bertz CT molecular complexity index is 962. The summed E-state index contributed by atoms with van der Waals surface area (Å²) in [6.07, 6.45) is 8.69. The molecular formula is C21H29N5O3S. The molecule has 0 spiro atoms. The molecule has 1 aliphatic carbocycles. The Morgan fingerprint density at radius 3 is 2.40 bits per heavy atom. The van der Waals surface area contributed by atoms with Crippen molar-refractivity contribution in [3.05, 3.63) is 48.3 Å². The summed E-state index contributed by atoms with van der Waals surface area (Å²) < 4.78 is 30.9. The number of hydrogen-bond donors (Lipinski definition) is 0. The van der Waals surface area contributed by atoms with E-state index in [4.69, 9.17) is 0 Å². The normalized spacial score (nSPS) is 19.3. The summed E-state index contributed by atoms with van der Waals surface area (Å²) >= 11 is 0. The van der Waals surface area contributed by atoms with Gasteiger partial charge < -0.3 is 4.90 Å². The van der Waals surface area contributed by atoms with Gasteiger partial charge in [0.1, 0.15) is 0 Å². The van der Waals surface area contributed by atoms with Crippen LogP contribution in [0, 0.1) is 0 Å². The molecule has 0 unspecified atom stereocenters.